The van der Waals surface area contributed by atoms with Gasteiger partial charge in [-0.1, -0.05) is 0 Å². The molecule has 0 fully saturated rings. The molecule has 18 heavy (non-hydrogen) atoms. The second-order valence-corrected chi connectivity index (χ2v) is 3.23. The molecule has 0 aromatic carbocycles. The molecule has 0 unspecified atom stereocenters. The first-order valence-electron chi connectivity index (χ1n) is 5.94. The quantitative estimate of drug-likeness (QED) is 0.483. The molecule has 0 amide bonds. The topological polar surface area (TPSA) is 55.4 Å². The van der Waals surface area contributed by atoms with Gasteiger partial charge in [0.2, 0.25) is 0 Å². The van der Waals surface area contributed by atoms with Gasteiger partial charge in [0.25, 0.3) is 0 Å². The summed E-state index contributed by atoms with van der Waals surface area (Å²) in [6.07, 6.45) is 0. The zero-order valence-corrected chi connectivity index (χ0v) is 12.1. The van der Waals surface area contributed by atoms with Crippen LogP contribution in [0.25, 0.3) is 0 Å². The number of hydrogen-bond acceptors (Lipinski definition) is 6. The molecule has 0 atom stereocenters. The molecular formula is C12H28O6. The Bertz CT molecular complexity index is 111. The fourth-order valence-electron chi connectivity index (χ4n) is 0.826. The Labute approximate surface area is 110 Å². The van der Waals surface area contributed by atoms with Crippen LogP contribution in [0.1, 0.15) is 0 Å². The van der Waals surface area contributed by atoms with Crippen molar-refractivity contribution in [3.63, 3.8) is 0 Å². The molecule has 0 aliphatic heterocycles. The number of rotatable bonds is 12. The van der Waals surface area contributed by atoms with Crippen LogP contribution in [0, 0.1) is 0 Å². The van der Waals surface area contributed by atoms with Crippen LogP contribution in [0.4, 0.5) is 0 Å². The summed E-state index contributed by atoms with van der Waals surface area (Å²) in [6, 6.07) is 0. The summed E-state index contributed by atoms with van der Waals surface area (Å²) < 4.78 is 29.6. The first-order chi connectivity index (χ1) is 8.83. The highest BCUT2D eigenvalue weighted by Gasteiger charge is 1.91. The van der Waals surface area contributed by atoms with Crippen LogP contribution in [0.2, 0.25) is 0 Å². The number of hydrogen-bond donors (Lipinski definition) is 0. The van der Waals surface area contributed by atoms with Crippen LogP contribution in [0.5, 0.6) is 0 Å². The second kappa shape index (κ2) is 22.0. The average molecular weight is 268 g/mol. The second-order valence-electron chi connectivity index (χ2n) is 3.23. The Morgan fingerprint density at radius 3 is 0.889 bits per heavy atom. The van der Waals surface area contributed by atoms with Crippen LogP contribution in [-0.2, 0) is 28.4 Å². The molecule has 0 aromatic heterocycles. The van der Waals surface area contributed by atoms with Crippen LogP contribution >= 0.6 is 0 Å². The molecule has 0 aromatic rings. The van der Waals surface area contributed by atoms with Crippen molar-refractivity contribution < 1.29 is 28.4 Å². The van der Waals surface area contributed by atoms with Gasteiger partial charge in [0.15, 0.2) is 0 Å². The minimum atomic E-state index is 0.595. The van der Waals surface area contributed by atoms with Crippen molar-refractivity contribution in [3.8, 4) is 0 Å². The highest BCUT2D eigenvalue weighted by atomic mass is 16.6. The van der Waals surface area contributed by atoms with E-state index < -0.39 is 0 Å². The Balaban J connectivity index is 0. The van der Waals surface area contributed by atoms with Gasteiger partial charge in [-0.25, -0.2) is 0 Å². The number of ether oxygens (including phenoxy) is 6. The van der Waals surface area contributed by atoms with Gasteiger partial charge in [-0.2, -0.15) is 0 Å². The van der Waals surface area contributed by atoms with Gasteiger partial charge in [-0.15, -0.1) is 0 Å². The molecular weight excluding hydrogens is 240 g/mol. The van der Waals surface area contributed by atoms with Gasteiger partial charge < -0.3 is 28.4 Å². The SMILES string of the molecule is COC.COCCOCCOCCOCCOC. The van der Waals surface area contributed by atoms with E-state index in [0.717, 1.165) is 0 Å². The highest BCUT2D eigenvalue weighted by Crippen LogP contribution is 1.81. The lowest BCUT2D eigenvalue weighted by Gasteiger charge is -2.06. The standard InChI is InChI=1S/C10H22O5.C2H6O/c1-11-3-5-13-7-9-15-10-8-14-6-4-12-2;1-3-2/h3-10H2,1-2H3;1-2H3. The minimum Gasteiger partial charge on any atom is -0.388 e. The summed E-state index contributed by atoms with van der Waals surface area (Å²) in [6.45, 7) is 4.87. The summed E-state index contributed by atoms with van der Waals surface area (Å²) in [7, 11) is 6.55. The van der Waals surface area contributed by atoms with Gasteiger partial charge in [0.1, 0.15) is 0 Å². The van der Waals surface area contributed by atoms with E-state index in [1.807, 2.05) is 0 Å². The third kappa shape index (κ3) is 24.8. The lowest BCUT2D eigenvalue weighted by molar-refractivity contribution is -0.00380. The van der Waals surface area contributed by atoms with Gasteiger partial charge >= 0.3 is 0 Å². The predicted molar refractivity (Wildman–Crippen MR) is 69.1 cm³/mol. The van der Waals surface area contributed by atoms with Gasteiger partial charge in [0.05, 0.1) is 52.9 Å². The van der Waals surface area contributed by atoms with Crippen molar-refractivity contribution in [1.82, 2.24) is 0 Å². The normalized spacial score (nSPS) is 10.0. The van der Waals surface area contributed by atoms with E-state index in [2.05, 4.69) is 4.74 Å². The average Bonchev–Trinajstić information content (AvgIpc) is 2.37. The van der Waals surface area contributed by atoms with E-state index in [1.165, 1.54) is 0 Å². The zero-order chi connectivity index (χ0) is 13.9. The molecule has 0 rings (SSSR count). The summed E-state index contributed by atoms with van der Waals surface area (Å²) in [4.78, 5) is 0. The van der Waals surface area contributed by atoms with E-state index in [0.29, 0.717) is 52.9 Å². The molecule has 0 radical (unpaired) electrons. The van der Waals surface area contributed by atoms with Crippen LogP contribution in [-0.4, -0.2) is 81.3 Å². The Morgan fingerprint density at radius 1 is 0.444 bits per heavy atom. The smallest absolute Gasteiger partial charge is 0.0701 e. The maximum absolute atomic E-state index is 5.26. The Hall–Kier alpha value is -0.240. The fraction of sp³-hybridized carbons (Fsp3) is 1.00. The first kappa shape index (κ1) is 20.1. The third-order valence-electron chi connectivity index (χ3n) is 1.61. The molecule has 6 nitrogen and oxygen atoms in total. The van der Waals surface area contributed by atoms with Crippen molar-refractivity contribution >= 4 is 0 Å². The third-order valence-corrected chi connectivity index (χ3v) is 1.61. The van der Waals surface area contributed by atoms with Crippen LogP contribution in [0.15, 0.2) is 0 Å². The van der Waals surface area contributed by atoms with Crippen LogP contribution in [0.3, 0.4) is 0 Å². The minimum absolute atomic E-state index is 0.595. The largest absolute Gasteiger partial charge is 0.388 e. The van der Waals surface area contributed by atoms with Crippen molar-refractivity contribution in [2.45, 2.75) is 0 Å². The molecule has 0 N–H and O–H groups in total. The summed E-state index contributed by atoms with van der Waals surface area (Å²) in [5, 5.41) is 0. The molecule has 0 heterocycles. The van der Waals surface area contributed by atoms with Gasteiger partial charge in [-0.05, 0) is 0 Å². The van der Waals surface area contributed by atoms with Gasteiger partial charge in [-0.3, -0.25) is 0 Å². The van der Waals surface area contributed by atoms with Crippen LogP contribution < -0.4 is 0 Å². The first-order valence-corrected chi connectivity index (χ1v) is 5.94. The number of methoxy groups -OCH3 is 3. The van der Waals surface area contributed by atoms with Crippen molar-refractivity contribution in [3.05, 3.63) is 0 Å². The van der Waals surface area contributed by atoms with E-state index in [-0.39, 0.29) is 0 Å². The monoisotopic (exact) mass is 268 g/mol. The van der Waals surface area contributed by atoms with E-state index in [9.17, 15) is 0 Å². The van der Waals surface area contributed by atoms with E-state index in [1.54, 1.807) is 28.4 Å². The van der Waals surface area contributed by atoms with E-state index >= 15 is 0 Å². The fourth-order valence-corrected chi connectivity index (χ4v) is 0.826. The maximum Gasteiger partial charge on any atom is 0.0701 e. The van der Waals surface area contributed by atoms with Crippen molar-refractivity contribution in [2.24, 2.45) is 0 Å². The predicted octanol–water partition coefficient (Wildman–Crippen LogP) is 0.592. The lowest BCUT2D eigenvalue weighted by atomic mass is 10.7. The molecule has 0 spiro atoms. The van der Waals surface area contributed by atoms with Crippen molar-refractivity contribution in [1.29, 1.82) is 0 Å². The molecule has 0 saturated heterocycles. The molecule has 0 aliphatic rings. The molecule has 6 heteroatoms. The highest BCUT2D eigenvalue weighted by molar-refractivity contribution is 4.34. The molecule has 0 bridgehead atoms. The Kier molecular flexibility index (Phi) is 24.5. The molecule has 112 valence electrons. The molecule has 0 saturated carbocycles. The summed E-state index contributed by atoms with van der Waals surface area (Å²) in [5.74, 6) is 0. The molecule has 0 aliphatic carbocycles. The lowest BCUT2D eigenvalue weighted by Crippen LogP contribution is -2.12. The zero-order valence-electron chi connectivity index (χ0n) is 12.1. The maximum atomic E-state index is 5.26. The van der Waals surface area contributed by atoms with E-state index in [4.69, 9.17) is 23.7 Å². The van der Waals surface area contributed by atoms with Gasteiger partial charge in [0, 0.05) is 28.4 Å². The van der Waals surface area contributed by atoms with Crippen molar-refractivity contribution in [2.75, 3.05) is 81.3 Å². The summed E-state index contributed by atoms with van der Waals surface area (Å²) in [5.41, 5.74) is 0. The Morgan fingerprint density at radius 2 is 0.667 bits per heavy atom. The summed E-state index contributed by atoms with van der Waals surface area (Å²) >= 11 is 0.